The van der Waals surface area contributed by atoms with E-state index in [1.165, 1.54) is 39.2 Å². The van der Waals surface area contributed by atoms with Gasteiger partial charge in [0.15, 0.2) is 0 Å². The number of methoxy groups -OCH3 is 1. The van der Waals surface area contributed by atoms with Crippen LogP contribution in [-0.2, 0) is 14.9 Å². The van der Waals surface area contributed by atoms with Gasteiger partial charge in [-0.1, -0.05) is 62.4 Å². The van der Waals surface area contributed by atoms with E-state index >= 15 is 0 Å². The largest absolute Gasteiger partial charge is 0.468 e. The normalized spacial score (nSPS) is 19.7. The minimum atomic E-state index is -0.502. The third-order valence-corrected chi connectivity index (χ3v) is 4.47. The molecule has 1 aromatic carbocycles. The molecular weight excluding hydrogens is 236 g/mol. The summed E-state index contributed by atoms with van der Waals surface area (Å²) in [4.78, 5) is 12.3. The quantitative estimate of drug-likeness (QED) is 0.762. The Kier molecular flexibility index (Phi) is 4.62. The molecule has 0 radical (unpaired) electrons. The summed E-state index contributed by atoms with van der Waals surface area (Å²) in [6.07, 6.45) is 7.35. The predicted molar refractivity (Wildman–Crippen MR) is 77.0 cm³/mol. The maximum absolute atomic E-state index is 12.3. The lowest BCUT2D eigenvalue weighted by Gasteiger charge is -2.33. The highest BCUT2D eigenvalue weighted by molar-refractivity contribution is 5.82. The summed E-state index contributed by atoms with van der Waals surface area (Å²) in [7, 11) is 1.49. The van der Waals surface area contributed by atoms with Crippen LogP contribution in [0.25, 0.3) is 0 Å². The van der Waals surface area contributed by atoms with Crippen LogP contribution in [0.15, 0.2) is 30.3 Å². The Morgan fingerprint density at radius 3 is 2.42 bits per heavy atom. The molecule has 0 bridgehead atoms. The number of hydrogen-bond donors (Lipinski definition) is 0. The van der Waals surface area contributed by atoms with Gasteiger partial charge in [0.2, 0.25) is 0 Å². The van der Waals surface area contributed by atoms with Crippen molar-refractivity contribution in [3.05, 3.63) is 35.9 Å². The van der Waals surface area contributed by atoms with E-state index in [9.17, 15) is 4.79 Å². The van der Waals surface area contributed by atoms with Crippen LogP contribution in [0.5, 0.6) is 0 Å². The zero-order valence-corrected chi connectivity index (χ0v) is 12.0. The third-order valence-electron chi connectivity index (χ3n) is 4.47. The van der Waals surface area contributed by atoms with Gasteiger partial charge in [0.25, 0.3) is 0 Å². The summed E-state index contributed by atoms with van der Waals surface area (Å²) in [6, 6.07) is 10.1. The number of rotatable bonds is 4. The van der Waals surface area contributed by atoms with E-state index in [0.717, 1.165) is 12.0 Å². The molecule has 1 saturated carbocycles. The summed E-state index contributed by atoms with van der Waals surface area (Å²) < 4.78 is 5.07. The molecule has 0 N–H and O–H groups in total. The molecule has 0 saturated heterocycles. The van der Waals surface area contributed by atoms with Crippen molar-refractivity contribution in [1.29, 1.82) is 0 Å². The Morgan fingerprint density at radius 2 is 1.84 bits per heavy atom. The lowest BCUT2D eigenvalue weighted by Crippen LogP contribution is -2.36. The van der Waals surface area contributed by atoms with E-state index in [4.69, 9.17) is 4.74 Å². The van der Waals surface area contributed by atoms with Crippen molar-refractivity contribution in [2.45, 2.75) is 50.9 Å². The van der Waals surface area contributed by atoms with Crippen LogP contribution in [-0.4, -0.2) is 13.1 Å². The molecule has 2 heteroatoms. The molecule has 1 fully saturated rings. The van der Waals surface area contributed by atoms with Gasteiger partial charge in [-0.15, -0.1) is 0 Å². The van der Waals surface area contributed by atoms with Crippen LogP contribution in [0.3, 0.4) is 0 Å². The highest BCUT2D eigenvalue weighted by Gasteiger charge is 2.38. The Hall–Kier alpha value is -1.31. The second-order valence-corrected chi connectivity index (χ2v) is 5.90. The Balaban J connectivity index is 2.21. The van der Waals surface area contributed by atoms with E-state index in [0.29, 0.717) is 5.92 Å². The minimum Gasteiger partial charge on any atom is -0.468 e. The Morgan fingerprint density at radius 1 is 1.21 bits per heavy atom. The van der Waals surface area contributed by atoms with E-state index in [1.54, 1.807) is 0 Å². The van der Waals surface area contributed by atoms with Crippen LogP contribution >= 0.6 is 0 Å². The first kappa shape index (κ1) is 14.1. The van der Waals surface area contributed by atoms with Crippen molar-refractivity contribution in [3.63, 3.8) is 0 Å². The highest BCUT2D eigenvalue weighted by Crippen LogP contribution is 2.37. The zero-order valence-electron chi connectivity index (χ0n) is 12.0. The second kappa shape index (κ2) is 6.23. The van der Waals surface area contributed by atoms with Gasteiger partial charge < -0.3 is 4.74 Å². The topological polar surface area (TPSA) is 26.3 Å². The van der Waals surface area contributed by atoms with Gasteiger partial charge in [-0.3, -0.25) is 4.79 Å². The van der Waals surface area contributed by atoms with Crippen LogP contribution in [0.4, 0.5) is 0 Å². The summed E-state index contributed by atoms with van der Waals surface area (Å²) in [5, 5.41) is 0. The molecule has 0 aromatic heterocycles. The van der Waals surface area contributed by atoms with Crippen molar-refractivity contribution in [2.24, 2.45) is 5.92 Å². The van der Waals surface area contributed by atoms with Crippen LogP contribution in [0.1, 0.15) is 51.0 Å². The smallest absolute Gasteiger partial charge is 0.316 e. The standard InChI is InChI=1S/C17H24O2/c1-17(16(18)19-2,15-11-7-4-8-12-15)13-14-9-5-3-6-10-14/h4,7-8,11-12,14H,3,5-6,9-10,13H2,1-2H3. The fourth-order valence-electron chi connectivity index (χ4n) is 3.32. The molecule has 1 aromatic rings. The lowest BCUT2D eigenvalue weighted by molar-refractivity contribution is -0.147. The van der Waals surface area contributed by atoms with E-state index in [1.807, 2.05) is 37.3 Å². The summed E-state index contributed by atoms with van der Waals surface area (Å²) in [5.41, 5.74) is 0.574. The van der Waals surface area contributed by atoms with Crippen LogP contribution < -0.4 is 0 Å². The van der Waals surface area contributed by atoms with Gasteiger partial charge in [0, 0.05) is 0 Å². The van der Waals surface area contributed by atoms with Crippen LogP contribution in [0.2, 0.25) is 0 Å². The first-order valence-corrected chi connectivity index (χ1v) is 7.31. The SMILES string of the molecule is COC(=O)C(C)(CC1CCCCC1)c1ccccc1. The maximum Gasteiger partial charge on any atom is 0.316 e. The summed E-state index contributed by atoms with van der Waals surface area (Å²) in [5.74, 6) is 0.544. The zero-order chi connectivity index (χ0) is 13.7. The second-order valence-electron chi connectivity index (χ2n) is 5.90. The summed E-state index contributed by atoms with van der Waals surface area (Å²) >= 11 is 0. The number of ether oxygens (including phenoxy) is 1. The molecule has 0 aliphatic heterocycles. The van der Waals surface area contributed by atoms with Crippen molar-refractivity contribution in [3.8, 4) is 0 Å². The third kappa shape index (κ3) is 3.17. The fourth-order valence-corrected chi connectivity index (χ4v) is 3.32. The number of esters is 1. The highest BCUT2D eigenvalue weighted by atomic mass is 16.5. The molecule has 2 rings (SSSR count). The molecule has 1 atom stereocenters. The average Bonchev–Trinajstić information content (AvgIpc) is 2.48. The van der Waals surface area contributed by atoms with Crippen molar-refractivity contribution in [2.75, 3.05) is 7.11 Å². The molecule has 1 aliphatic rings. The molecular formula is C17H24O2. The van der Waals surface area contributed by atoms with Gasteiger partial charge >= 0.3 is 5.97 Å². The van der Waals surface area contributed by atoms with Gasteiger partial charge in [-0.25, -0.2) is 0 Å². The van der Waals surface area contributed by atoms with Crippen molar-refractivity contribution < 1.29 is 9.53 Å². The molecule has 0 heterocycles. The lowest BCUT2D eigenvalue weighted by atomic mass is 9.72. The summed E-state index contributed by atoms with van der Waals surface area (Å²) in [6.45, 7) is 2.03. The molecule has 19 heavy (non-hydrogen) atoms. The van der Waals surface area contributed by atoms with E-state index in [-0.39, 0.29) is 5.97 Å². The molecule has 2 nitrogen and oxygen atoms in total. The number of carbonyl (C=O) groups excluding carboxylic acids is 1. The molecule has 1 unspecified atom stereocenters. The van der Waals surface area contributed by atoms with Gasteiger partial charge in [0.1, 0.15) is 0 Å². The van der Waals surface area contributed by atoms with E-state index in [2.05, 4.69) is 0 Å². The number of benzene rings is 1. The molecule has 0 amide bonds. The van der Waals surface area contributed by atoms with Gasteiger partial charge in [0.05, 0.1) is 12.5 Å². The van der Waals surface area contributed by atoms with Gasteiger partial charge in [-0.2, -0.15) is 0 Å². The van der Waals surface area contributed by atoms with Crippen molar-refractivity contribution in [1.82, 2.24) is 0 Å². The van der Waals surface area contributed by atoms with E-state index < -0.39 is 5.41 Å². The van der Waals surface area contributed by atoms with Gasteiger partial charge in [-0.05, 0) is 24.8 Å². The van der Waals surface area contributed by atoms with Crippen molar-refractivity contribution >= 4 is 5.97 Å². The monoisotopic (exact) mass is 260 g/mol. The molecule has 0 spiro atoms. The molecule has 1 aliphatic carbocycles. The van der Waals surface area contributed by atoms with Crippen LogP contribution in [0, 0.1) is 5.92 Å². The Labute approximate surface area is 116 Å². The first-order valence-electron chi connectivity index (χ1n) is 7.31. The predicted octanol–water partition coefficient (Wildman–Crippen LogP) is 4.09. The average molecular weight is 260 g/mol. The Bertz CT molecular complexity index is 407. The molecule has 104 valence electrons. The fraction of sp³-hybridized carbons (Fsp3) is 0.588. The maximum atomic E-state index is 12.3. The number of carbonyl (C=O) groups is 1. The number of hydrogen-bond acceptors (Lipinski definition) is 2. The minimum absolute atomic E-state index is 0.107. The first-order chi connectivity index (χ1) is 9.16.